The van der Waals surface area contributed by atoms with Gasteiger partial charge in [-0.25, -0.2) is 0 Å². The van der Waals surface area contributed by atoms with Crippen molar-refractivity contribution < 1.29 is 14.7 Å². The van der Waals surface area contributed by atoms with Gasteiger partial charge in [-0.05, 0) is 39.8 Å². The lowest BCUT2D eigenvalue weighted by molar-refractivity contribution is -0.138. The van der Waals surface area contributed by atoms with Crippen LogP contribution in [0.15, 0.2) is 79.0 Å². The average Bonchev–Trinajstić information content (AvgIpc) is 3.20. The number of H-pyrrole nitrogens is 1. The molecule has 0 aliphatic rings. The van der Waals surface area contributed by atoms with E-state index >= 15 is 0 Å². The van der Waals surface area contributed by atoms with Crippen LogP contribution < -0.4 is 0 Å². The Kier molecular flexibility index (Phi) is 5.70. The third-order valence-electron chi connectivity index (χ3n) is 5.96. The van der Waals surface area contributed by atoms with Crippen LogP contribution in [-0.2, 0) is 10.2 Å². The molecule has 3 aromatic carbocycles. The number of carbonyl (C=O) groups excluding carboxylic acids is 1. The minimum Gasteiger partial charge on any atom is -0.481 e. The van der Waals surface area contributed by atoms with E-state index < -0.39 is 11.9 Å². The second-order valence-electron chi connectivity index (χ2n) is 9.22. The first-order valence-electron chi connectivity index (χ1n) is 10.8. The first-order chi connectivity index (χ1) is 15.2. The van der Waals surface area contributed by atoms with Gasteiger partial charge in [0.1, 0.15) is 0 Å². The Bertz CT molecular complexity index is 1260. The van der Waals surface area contributed by atoms with Gasteiger partial charge in [0, 0.05) is 29.1 Å². The number of carboxylic acid groups (broad SMARTS) is 1. The Hall–Kier alpha value is -3.66. The molecule has 0 saturated carbocycles. The van der Waals surface area contributed by atoms with Crippen LogP contribution in [0.4, 0.5) is 0 Å². The molecule has 1 unspecified atom stereocenters. The quantitative estimate of drug-likeness (QED) is 0.343. The molecule has 4 rings (SSSR count). The number of Topliss-reactive ketones (excluding diaryl/α,β-unsaturated/α-hetero) is 1. The van der Waals surface area contributed by atoms with Crippen LogP contribution in [0.2, 0.25) is 0 Å². The summed E-state index contributed by atoms with van der Waals surface area (Å²) in [7, 11) is 0. The van der Waals surface area contributed by atoms with Gasteiger partial charge < -0.3 is 10.1 Å². The van der Waals surface area contributed by atoms with Crippen LogP contribution in [0.3, 0.4) is 0 Å². The van der Waals surface area contributed by atoms with Crippen molar-refractivity contribution in [2.45, 2.75) is 38.5 Å². The number of aromatic nitrogens is 1. The molecule has 0 amide bonds. The summed E-state index contributed by atoms with van der Waals surface area (Å²) in [5.74, 6) is -2.10. The molecule has 0 aliphatic carbocycles. The zero-order valence-electron chi connectivity index (χ0n) is 18.6. The minimum atomic E-state index is -1.00. The maximum Gasteiger partial charge on any atom is 0.311 e. The number of hydrogen-bond donors (Lipinski definition) is 2. The predicted octanol–water partition coefficient (Wildman–Crippen LogP) is 6.57. The fourth-order valence-electron chi connectivity index (χ4n) is 4.03. The number of rotatable bonds is 6. The molecule has 4 heteroatoms. The van der Waals surface area contributed by atoms with Gasteiger partial charge in [0.15, 0.2) is 5.78 Å². The van der Waals surface area contributed by atoms with Gasteiger partial charge >= 0.3 is 5.97 Å². The van der Waals surface area contributed by atoms with Crippen LogP contribution in [0.25, 0.3) is 22.0 Å². The molecule has 4 nitrogen and oxygen atoms in total. The molecule has 162 valence electrons. The van der Waals surface area contributed by atoms with Crippen LogP contribution in [0.5, 0.6) is 0 Å². The number of carbonyl (C=O) groups is 2. The minimum absolute atomic E-state index is 0.00826. The molecule has 0 aliphatic heterocycles. The van der Waals surface area contributed by atoms with E-state index in [1.165, 1.54) is 0 Å². The standard InChI is InChI=1S/C28H27NO3/c1-28(2,3)21-12-9-19(10-13-21)26(30)16-23(27(31)32)24-17-29-25-14-11-20(15-22(24)25)18-7-5-4-6-8-18/h4-15,17,23,29H,16H2,1-3H3,(H,31,32). The predicted molar refractivity (Wildman–Crippen MR) is 128 cm³/mol. The summed E-state index contributed by atoms with van der Waals surface area (Å²) in [5, 5.41) is 10.8. The second-order valence-corrected chi connectivity index (χ2v) is 9.22. The van der Waals surface area contributed by atoms with Crippen LogP contribution in [0, 0.1) is 0 Å². The molecule has 0 radical (unpaired) electrons. The average molecular weight is 426 g/mol. The summed E-state index contributed by atoms with van der Waals surface area (Å²) in [6.07, 6.45) is 1.63. The molecule has 0 spiro atoms. The van der Waals surface area contributed by atoms with Crippen LogP contribution in [0.1, 0.15) is 54.6 Å². The molecule has 0 saturated heterocycles. The molecule has 1 heterocycles. The van der Waals surface area contributed by atoms with E-state index in [4.69, 9.17) is 0 Å². The number of carboxylic acids is 1. The normalized spacial score (nSPS) is 12.6. The number of fused-ring (bicyclic) bond motifs is 1. The summed E-state index contributed by atoms with van der Waals surface area (Å²) in [6.45, 7) is 6.35. The number of ketones is 1. The SMILES string of the molecule is CC(C)(C)c1ccc(C(=O)CC(C(=O)O)c2c[nH]c3ccc(-c4ccccc4)cc23)cc1. The van der Waals surface area contributed by atoms with Crippen molar-refractivity contribution in [3.05, 3.63) is 95.7 Å². The lowest BCUT2D eigenvalue weighted by Crippen LogP contribution is -2.16. The van der Waals surface area contributed by atoms with E-state index in [-0.39, 0.29) is 17.6 Å². The first-order valence-corrected chi connectivity index (χ1v) is 10.8. The van der Waals surface area contributed by atoms with Gasteiger partial charge in [0.25, 0.3) is 0 Å². The van der Waals surface area contributed by atoms with Crippen LogP contribution >= 0.6 is 0 Å². The highest BCUT2D eigenvalue weighted by Gasteiger charge is 2.27. The molecular formula is C28H27NO3. The lowest BCUT2D eigenvalue weighted by Gasteiger charge is -2.19. The molecule has 4 aromatic rings. The largest absolute Gasteiger partial charge is 0.481 e. The molecular weight excluding hydrogens is 398 g/mol. The third kappa shape index (κ3) is 4.35. The molecule has 0 bridgehead atoms. The number of aromatic amines is 1. The van der Waals surface area contributed by atoms with Crippen molar-refractivity contribution in [2.24, 2.45) is 0 Å². The zero-order chi connectivity index (χ0) is 22.9. The first kappa shape index (κ1) is 21.6. The zero-order valence-corrected chi connectivity index (χ0v) is 18.6. The Morgan fingerprint density at radius 2 is 1.59 bits per heavy atom. The van der Waals surface area contributed by atoms with Crippen molar-refractivity contribution in [3.8, 4) is 11.1 Å². The van der Waals surface area contributed by atoms with Crippen LogP contribution in [-0.4, -0.2) is 21.8 Å². The topological polar surface area (TPSA) is 70.2 Å². The van der Waals surface area contributed by atoms with Crippen molar-refractivity contribution in [1.29, 1.82) is 0 Å². The number of nitrogens with one attached hydrogen (secondary N) is 1. The van der Waals surface area contributed by atoms with Gasteiger partial charge in [0.05, 0.1) is 5.92 Å². The lowest BCUT2D eigenvalue weighted by atomic mass is 9.85. The second kappa shape index (κ2) is 8.46. The third-order valence-corrected chi connectivity index (χ3v) is 5.96. The monoisotopic (exact) mass is 425 g/mol. The summed E-state index contributed by atoms with van der Waals surface area (Å²) in [5.41, 5.74) is 5.21. The Labute approximate surface area is 187 Å². The van der Waals surface area contributed by atoms with E-state index in [2.05, 4.69) is 25.8 Å². The van der Waals surface area contributed by atoms with Crippen molar-refractivity contribution in [1.82, 2.24) is 4.98 Å². The summed E-state index contributed by atoms with van der Waals surface area (Å²) >= 11 is 0. The van der Waals surface area contributed by atoms with E-state index in [1.54, 1.807) is 18.3 Å². The molecule has 0 fully saturated rings. The molecule has 1 atom stereocenters. The number of benzene rings is 3. The number of aliphatic carboxylic acids is 1. The highest BCUT2D eigenvalue weighted by Crippen LogP contribution is 2.33. The maximum atomic E-state index is 13.0. The molecule has 32 heavy (non-hydrogen) atoms. The van der Waals surface area contributed by atoms with Gasteiger partial charge in [-0.1, -0.05) is 81.4 Å². The molecule has 1 aromatic heterocycles. The van der Waals surface area contributed by atoms with Crippen molar-refractivity contribution >= 4 is 22.7 Å². The van der Waals surface area contributed by atoms with Crippen molar-refractivity contribution in [3.63, 3.8) is 0 Å². The highest BCUT2D eigenvalue weighted by molar-refractivity contribution is 6.01. The number of hydrogen-bond acceptors (Lipinski definition) is 2. The van der Waals surface area contributed by atoms with E-state index in [0.717, 1.165) is 27.6 Å². The highest BCUT2D eigenvalue weighted by atomic mass is 16.4. The Balaban J connectivity index is 1.65. The van der Waals surface area contributed by atoms with E-state index in [1.807, 2.05) is 60.7 Å². The van der Waals surface area contributed by atoms with Gasteiger partial charge in [-0.3, -0.25) is 9.59 Å². The van der Waals surface area contributed by atoms with Gasteiger partial charge in [-0.15, -0.1) is 0 Å². The smallest absolute Gasteiger partial charge is 0.311 e. The van der Waals surface area contributed by atoms with E-state index in [0.29, 0.717) is 11.1 Å². The fourth-order valence-corrected chi connectivity index (χ4v) is 4.03. The Morgan fingerprint density at radius 3 is 2.22 bits per heavy atom. The van der Waals surface area contributed by atoms with Gasteiger partial charge in [-0.2, -0.15) is 0 Å². The maximum absolute atomic E-state index is 13.0. The Morgan fingerprint density at radius 1 is 0.906 bits per heavy atom. The summed E-state index contributed by atoms with van der Waals surface area (Å²) in [6, 6.07) is 23.4. The van der Waals surface area contributed by atoms with E-state index in [9.17, 15) is 14.7 Å². The molecule has 2 N–H and O–H groups in total. The van der Waals surface area contributed by atoms with Crippen molar-refractivity contribution in [2.75, 3.05) is 0 Å². The summed E-state index contributed by atoms with van der Waals surface area (Å²) in [4.78, 5) is 28.3. The fraction of sp³-hybridized carbons (Fsp3) is 0.214. The summed E-state index contributed by atoms with van der Waals surface area (Å²) < 4.78 is 0. The van der Waals surface area contributed by atoms with Gasteiger partial charge in [0.2, 0.25) is 0 Å².